The van der Waals surface area contributed by atoms with E-state index in [0.717, 1.165) is 4.90 Å². The molecule has 8 heteroatoms. The summed E-state index contributed by atoms with van der Waals surface area (Å²) in [6.45, 7) is 4.01. The lowest BCUT2D eigenvalue weighted by molar-refractivity contribution is -0.122. The molecular formula is C21H16N2O6. The van der Waals surface area contributed by atoms with Gasteiger partial charge >= 0.3 is 6.03 Å². The number of anilines is 1. The number of rotatable bonds is 5. The number of carbonyl (C=O) groups excluding carboxylic acids is 3. The second kappa shape index (κ2) is 7.51. The van der Waals surface area contributed by atoms with Crippen LogP contribution < -0.4 is 24.4 Å². The second-order valence-corrected chi connectivity index (χ2v) is 6.16. The average Bonchev–Trinajstić information content (AvgIpc) is 3.18. The SMILES string of the molecule is C=CCOc1ccc(C=C2C(=O)NC(=O)N(c3ccc4c(c3)OCO4)C2=O)cc1. The van der Waals surface area contributed by atoms with E-state index >= 15 is 0 Å². The van der Waals surface area contributed by atoms with Gasteiger partial charge in [0.15, 0.2) is 11.5 Å². The standard InChI is InChI=1S/C21H16N2O6/c1-2-9-27-15-6-3-13(4-7-15)10-16-19(24)22-21(26)23(20(16)25)14-5-8-17-18(11-14)29-12-28-17/h2-8,10-11H,1,9,12H2,(H,22,24,26). The zero-order chi connectivity index (χ0) is 20.4. The van der Waals surface area contributed by atoms with E-state index in [4.69, 9.17) is 14.2 Å². The fourth-order valence-electron chi connectivity index (χ4n) is 2.90. The number of carbonyl (C=O) groups is 3. The minimum absolute atomic E-state index is 0.0646. The van der Waals surface area contributed by atoms with Gasteiger partial charge in [0.25, 0.3) is 11.8 Å². The second-order valence-electron chi connectivity index (χ2n) is 6.16. The van der Waals surface area contributed by atoms with E-state index in [0.29, 0.717) is 29.4 Å². The summed E-state index contributed by atoms with van der Waals surface area (Å²) in [6, 6.07) is 10.7. The van der Waals surface area contributed by atoms with Crippen LogP contribution in [0.3, 0.4) is 0 Å². The molecule has 0 unspecified atom stereocenters. The third kappa shape index (κ3) is 3.55. The van der Waals surface area contributed by atoms with Crippen LogP contribution in [0, 0.1) is 0 Å². The first-order valence-electron chi connectivity index (χ1n) is 8.71. The van der Waals surface area contributed by atoms with E-state index < -0.39 is 17.8 Å². The van der Waals surface area contributed by atoms with Crippen LogP contribution in [0.25, 0.3) is 6.08 Å². The number of nitrogens with zero attached hydrogens (tertiary/aromatic N) is 1. The molecule has 0 saturated carbocycles. The highest BCUT2D eigenvalue weighted by molar-refractivity contribution is 6.39. The molecule has 2 aromatic carbocycles. The number of barbiturate groups is 1. The number of hydrogen-bond donors (Lipinski definition) is 1. The lowest BCUT2D eigenvalue weighted by atomic mass is 10.1. The van der Waals surface area contributed by atoms with Gasteiger partial charge < -0.3 is 14.2 Å². The Bertz CT molecular complexity index is 1040. The van der Waals surface area contributed by atoms with E-state index in [1.54, 1.807) is 42.5 Å². The summed E-state index contributed by atoms with van der Waals surface area (Å²) < 4.78 is 15.9. The van der Waals surface area contributed by atoms with Crippen molar-refractivity contribution < 1.29 is 28.6 Å². The first-order chi connectivity index (χ1) is 14.1. The first-order valence-corrected chi connectivity index (χ1v) is 8.71. The van der Waals surface area contributed by atoms with Gasteiger partial charge in [-0.3, -0.25) is 14.9 Å². The molecule has 4 rings (SSSR count). The van der Waals surface area contributed by atoms with Crippen molar-refractivity contribution in [2.45, 2.75) is 0 Å². The number of hydrogen-bond acceptors (Lipinski definition) is 6. The quantitative estimate of drug-likeness (QED) is 0.478. The van der Waals surface area contributed by atoms with Crippen molar-refractivity contribution in [3.8, 4) is 17.2 Å². The van der Waals surface area contributed by atoms with Gasteiger partial charge in [0.2, 0.25) is 6.79 Å². The van der Waals surface area contributed by atoms with Crippen molar-refractivity contribution in [1.82, 2.24) is 5.32 Å². The van der Waals surface area contributed by atoms with Gasteiger partial charge in [0.1, 0.15) is 17.9 Å². The highest BCUT2D eigenvalue weighted by Gasteiger charge is 2.37. The van der Waals surface area contributed by atoms with Gasteiger partial charge in [0.05, 0.1) is 5.69 Å². The predicted octanol–water partition coefficient (Wildman–Crippen LogP) is 2.65. The zero-order valence-corrected chi connectivity index (χ0v) is 15.2. The fraction of sp³-hybridized carbons (Fsp3) is 0.0952. The molecule has 1 saturated heterocycles. The van der Waals surface area contributed by atoms with Crippen LogP contribution in [-0.2, 0) is 9.59 Å². The maximum absolute atomic E-state index is 12.9. The molecule has 0 aromatic heterocycles. The number of nitrogens with one attached hydrogen (secondary N) is 1. The van der Waals surface area contributed by atoms with E-state index in [9.17, 15) is 14.4 Å². The maximum atomic E-state index is 12.9. The Morgan fingerprint density at radius 3 is 2.59 bits per heavy atom. The maximum Gasteiger partial charge on any atom is 0.335 e. The highest BCUT2D eigenvalue weighted by atomic mass is 16.7. The number of ether oxygens (including phenoxy) is 3. The molecule has 0 spiro atoms. The van der Waals surface area contributed by atoms with Crippen molar-refractivity contribution in [3.63, 3.8) is 0 Å². The third-order valence-electron chi connectivity index (χ3n) is 4.27. The fourth-order valence-corrected chi connectivity index (χ4v) is 2.90. The Morgan fingerprint density at radius 2 is 1.83 bits per heavy atom. The van der Waals surface area contributed by atoms with Gasteiger partial charge in [-0.25, -0.2) is 9.69 Å². The molecule has 0 radical (unpaired) electrons. The van der Waals surface area contributed by atoms with Crippen molar-refractivity contribution in [2.75, 3.05) is 18.3 Å². The van der Waals surface area contributed by atoms with Gasteiger partial charge in [-0.05, 0) is 35.9 Å². The summed E-state index contributed by atoms with van der Waals surface area (Å²) >= 11 is 0. The Balaban J connectivity index is 1.63. The van der Waals surface area contributed by atoms with Crippen LogP contribution in [0.1, 0.15) is 5.56 Å². The molecule has 1 fully saturated rings. The number of imide groups is 2. The van der Waals surface area contributed by atoms with Crippen LogP contribution in [-0.4, -0.2) is 31.2 Å². The van der Waals surface area contributed by atoms with Gasteiger partial charge in [-0.15, -0.1) is 0 Å². The molecule has 0 aliphatic carbocycles. The van der Waals surface area contributed by atoms with Crippen molar-refractivity contribution in [3.05, 3.63) is 66.3 Å². The Labute approximate surface area is 166 Å². The molecular weight excluding hydrogens is 376 g/mol. The topological polar surface area (TPSA) is 94.2 Å². The molecule has 29 heavy (non-hydrogen) atoms. The van der Waals surface area contributed by atoms with Crippen LogP contribution >= 0.6 is 0 Å². The zero-order valence-electron chi connectivity index (χ0n) is 15.2. The summed E-state index contributed by atoms with van der Waals surface area (Å²) in [5.74, 6) is 0.0714. The molecule has 0 bridgehead atoms. The molecule has 8 nitrogen and oxygen atoms in total. The predicted molar refractivity (Wildman–Crippen MR) is 104 cm³/mol. The minimum atomic E-state index is -0.829. The average molecular weight is 392 g/mol. The Kier molecular flexibility index (Phi) is 4.74. The molecule has 1 N–H and O–H groups in total. The number of amides is 4. The molecule has 2 aromatic rings. The lowest BCUT2D eigenvalue weighted by Crippen LogP contribution is -2.54. The van der Waals surface area contributed by atoms with E-state index in [2.05, 4.69) is 11.9 Å². The van der Waals surface area contributed by atoms with Gasteiger partial charge in [0, 0.05) is 6.07 Å². The van der Waals surface area contributed by atoms with Crippen LogP contribution in [0.4, 0.5) is 10.5 Å². The van der Waals surface area contributed by atoms with Crippen LogP contribution in [0.5, 0.6) is 17.2 Å². The Hall–Kier alpha value is -4.07. The first kappa shape index (κ1) is 18.3. The summed E-state index contributed by atoms with van der Waals surface area (Å²) in [5.41, 5.74) is 0.708. The van der Waals surface area contributed by atoms with E-state index in [1.807, 2.05) is 0 Å². The number of benzene rings is 2. The number of fused-ring (bicyclic) bond motifs is 1. The number of urea groups is 1. The summed E-state index contributed by atoms with van der Waals surface area (Å²) in [6.07, 6.45) is 3.05. The van der Waals surface area contributed by atoms with Crippen molar-refractivity contribution >= 4 is 29.6 Å². The summed E-state index contributed by atoms with van der Waals surface area (Å²) in [4.78, 5) is 38.4. The van der Waals surface area contributed by atoms with E-state index in [-0.39, 0.29) is 18.1 Å². The summed E-state index contributed by atoms with van der Waals surface area (Å²) in [5, 5.41) is 2.19. The summed E-state index contributed by atoms with van der Waals surface area (Å²) in [7, 11) is 0. The smallest absolute Gasteiger partial charge is 0.335 e. The van der Waals surface area contributed by atoms with Gasteiger partial charge in [-0.1, -0.05) is 24.8 Å². The molecule has 4 amide bonds. The van der Waals surface area contributed by atoms with Crippen LogP contribution in [0.2, 0.25) is 0 Å². The normalized spacial score (nSPS) is 16.8. The molecule has 146 valence electrons. The largest absolute Gasteiger partial charge is 0.490 e. The molecule has 2 aliphatic rings. The third-order valence-corrected chi connectivity index (χ3v) is 4.27. The molecule has 2 aliphatic heterocycles. The van der Waals surface area contributed by atoms with E-state index in [1.165, 1.54) is 12.1 Å². The minimum Gasteiger partial charge on any atom is -0.490 e. The lowest BCUT2D eigenvalue weighted by Gasteiger charge is -2.26. The van der Waals surface area contributed by atoms with Gasteiger partial charge in [-0.2, -0.15) is 0 Å². The highest BCUT2D eigenvalue weighted by Crippen LogP contribution is 2.36. The monoisotopic (exact) mass is 392 g/mol. The Morgan fingerprint density at radius 1 is 1.07 bits per heavy atom. The van der Waals surface area contributed by atoms with Crippen molar-refractivity contribution in [2.24, 2.45) is 0 Å². The van der Waals surface area contributed by atoms with Crippen LogP contribution in [0.15, 0.2) is 60.7 Å². The molecule has 0 atom stereocenters. The van der Waals surface area contributed by atoms with Crippen molar-refractivity contribution in [1.29, 1.82) is 0 Å². The molecule has 2 heterocycles.